The van der Waals surface area contributed by atoms with Crippen molar-refractivity contribution in [1.29, 1.82) is 0 Å². The zero-order valence-electron chi connectivity index (χ0n) is 16.5. The van der Waals surface area contributed by atoms with Crippen LogP contribution in [0.2, 0.25) is 10.0 Å². The molecule has 148 valence electrons. The van der Waals surface area contributed by atoms with Crippen LogP contribution >= 0.6 is 23.2 Å². The van der Waals surface area contributed by atoms with Gasteiger partial charge in [0.1, 0.15) is 0 Å². The van der Waals surface area contributed by atoms with Crippen LogP contribution in [-0.2, 0) is 13.1 Å². The molecule has 0 radical (unpaired) electrons. The molecule has 0 fully saturated rings. The van der Waals surface area contributed by atoms with E-state index in [2.05, 4.69) is 29.9 Å². The van der Waals surface area contributed by atoms with E-state index in [1.807, 2.05) is 12.1 Å². The van der Waals surface area contributed by atoms with Crippen LogP contribution in [-0.4, -0.2) is 4.57 Å². The predicted octanol–water partition coefficient (Wildman–Crippen LogP) is 4.10. The molecule has 0 bridgehead atoms. The van der Waals surface area contributed by atoms with Crippen LogP contribution < -0.4 is 28.5 Å². The van der Waals surface area contributed by atoms with Crippen LogP contribution in [0, 0.1) is 6.92 Å². The zero-order valence-corrected chi connectivity index (χ0v) is 20.1. The molecule has 26 heavy (non-hydrogen) atoms. The molecule has 5 heteroatoms. The van der Waals surface area contributed by atoms with E-state index in [1.165, 1.54) is 74.6 Å². The maximum Gasteiger partial charge on any atom is 0.254 e. The van der Waals surface area contributed by atoms with Gasteiger partial charge < -0.3 is 24.0 Å². The number of hydrogen-bond acceptors (Lipinski definition) is 0. The summed E-state index contributed by atoms with van der Waals surface area (Å²) < 4.78 is 4.85. The molecule has 2 rings (SSSR count). The number of fused-ring (bicyclic) bond motifs is 1. The Hall–Kier alpha value is -0.000000000000000111. The van der Waals surface area contributed by atoms with Crippen molar-refractivity contribution in [2.24, 2.45) is 0 Å². The number of halogens is 3. The van der Waals surface area contributed by atoms with Gasteiger partial charge in [-0.3, -0.25) is 0 Å². The predicted molar refractivity (Wildman–Crippen MR) is 110 cm³/mol. The van der Waals surface area contributed by atoms with Crippen LogP contribution in [0.1, 0.15) is 77.5 Å². The molecule has 0 aliphatic rings. The molecule has 0 aliphatic carbocycles. The summed E-state index contributed by atoms with van der Waals surface area (Å²) in [4.78, 5) is 0. The Kier molecular flexibility index (Phi) is 11.5. The molecule has 0 atom stereocenters. The summed E-state index contributed by atoms with van der Waals surface area (Å²) in [5.41, 5.74) is 2.44. The minimum absolute atomic E-state index is 0. The molecular formula is C21H33Cl2IN2. The molecule has 2 aromatic rings. The standard InChI is InChI=1S/C21H33Cl2N2.HI/c1-4-6-8-9-10-12-14-25-17(3)24(13-11-7-5-2)20-15-18(22)19(23)16-21(20)25;/h15-16H,4-14H2,1-3H3;1H/q+1;/p-1. The summed E-state index contributed by atoms with van der Waals surface area (Å²) >= 11 is 12.6. The van der Waals surface area contributed by atoms with E-state index in [-0.39, 0.29) is 24.0 Å². The molecule has 1 aromatic carbocycles. The Labute approximate surface area is 186 Å². The van der Waals surface area contributed by atoms with Gasteiger partial charge in [0.25, 0.3) is 5.82 Å². The first-order chi connectivity index (χ1) is 12.1. The Balaban J connectivity index is 0.00000338. The van der Waals surface area contributed by atoms with Gasteiger partial charge in [-0.1, -0.05) is 69.2 Å². The summed E-state index contributed by atoms with van der Waals surface area (Å²) in [5, 5.41) is 1.30. The van der Waals surface area contributed by atoms with Gasteiger partial charge in [-0.2, -0.15) is 0 Å². The Morgan fingerprint density at radius 2 is 1.42 bits per heavy atom. The third kappa shape index (κ3) is 6.27. The van der Waals surface area contributed by atoms with Crippen molar-refractivity contribution < 1.29 is 28.5 Å². The summed E-state index contributed by atoms with van der Waals surface area (Å²) in [6, 6.07) is 4.08. The first-order valence-electron chi connectivity index (χ1n) is 9.97. The maximum absolute atomic E-state index is 6.31. The fraction of sp³-hybridized carbons (Fsp3) is 0.667. The van der Waals surface area contributed by atoms with E-state index in [9.17, 15) is 0 Å². The smallest absolute Gasteiger partial charge is 0.254 e. The van der Waals surface area contributed by atoms with Crippen molar-refractivity contribution >= 4 is 34.2 Å². The number of unbranched alkanes of at least 4 members (excludes halogenated alkanes) is 7. The first kappa shape index (κ1) is 24.0. The minimum Gasteiger partial charge on any atom is -1.00 e. The average Bonchev–Trinajstić information content (AvgIpc) is 2.83. The highest BCUT2D eigenvalue weighted by Gasteiger charge is 2.22. The summed E-state index contributed by atoms with van der Waals surface area (Å²) in [5.74, 6) is 1.32. The molecule has 0 amide bonds. The van der Waals surface area contributed by atoms with Gasteiger partial charge in [-0.15, -0.1) is 0 Å². The van der Waals surface area contributed by atoms with Crippen LogP contribution in [0.5, 0.6) is 0 Å². The van der Waals surface area contributed by atoms with Crippen molar-refractivity contribution in [1.82, 2.24) is 4.57 Å². The molecule has 0 saturated carbocycles. The topological polar surface area (TPSA) is 8.81 Å². The van der Waals surface area contributed by atoms with Crippen molar-refractivity contribution in [2.75, 3.05) is 0 Å². The first-order valence-corrected chi connectivity index (χ1v) is 10.7. The highest BCUT2D eigenvalue weighted by atomic mass is 127. The van der Waals surface area contributed by atoms with Crippen LogP contribution in [0.4, 0.5) is 0 Å². The SMILES string of the molecule is CCCCCCCCn1c(C)[n+](CCCCC)c2cc(Cl)c(Cl)cc21.[I-]. The minimum atomic E-state index is 0. The van der Waals surface area contributed by atoms with Gasteiger partial charge in [0, 0.05) is 19.1 Å². The molecule has 0 saturated heterocycles. The lowest BCUT2D eigenvalue weighted by Crippen LogP contribution is -3.00. The van der Waals surface area contributed by atoms with E-state index in [0.29, 0.717) is 10.0 Å². The number of imidazole rings is 1. The quantitative estimate of drug-likeness (QED) is 0.244. The van der Waals surface area contributed by atoms with Crippen LogP contribution in [0.3, 0.4) is 0 Å². The number of rotatable bonds is 11. The van der Waals surface area contributed by atoms with E-state index in [0.717, 1.165) is 13.1 Å². The third-order valence-corrected chi connectivity index (χ3v) is 5.82. The molecular weight excluding hydrogens is 478 g/mol. The summed E-state index contributed by atoms with van der Waals surface area (Å²) in [6.07, 6.45) is 11.6. The van der Waals surface area contributed by atoms with Gasteiger partial charge in [0.05, 0.1) is 23.1 Å². The third-order valence-electron chi connectivity index (χ3n) is 5.10. The molecule has 0 spiro atoms. The molecule has 0 unspecified atom stereocenters. The summed E-state index contributed by atoms with van der Waals surface area (Å²) in [6.45, 7) is 8.85. The highest BCUT2D eigenvalue weighted by Crippen LogP contribution is 2.28. The van der Waals surface area contributed by atoms with Crippen molar-refractivity contribution in [3.63, 3.8) is 0 Å². The van der Waals surface area contributed by atoms with Crippen LogP contribution in [0.25, 0.3) is 11.0 Å². The lowest BCUT2D eigenvalue weighted by molar-refractivity contribution is -0.678. The molecule has 1 aromatic heterocycles. The summed E-state index contributed by atoms with van der Waals surface area (Å²) in [7, 11) is 0. The average molecular weight is 511 g/mol. The fourth-order valence-electron chi connectivity index (χ4n) is 3.59. The van der Waals surface area contributed by atoms with Crippen molar-refractivity contribution in [3.8, 4) is 0 Å². The second-order valence-corrected chi connectivity index (χ2v) is 7.89. The Bertz CT molecular complexity index is 682. The Morgan fingerprint density at radius 3 is 2.12 bits per heavy atom. The lowest BCUT2D eigenvalue weighted by Gasteiger charge is -2.02. The largest absolute Gasteiger partial charge is 1.00 e. The molecule has 2 nitrogen and oxygen atoms in total. The molecule has 0 N–H and O–H groups in total. The highest BCUT2D eigenvalue weighted by molar-refractivity contribution is 6.42. The van der Waals surface area contributed by atoms with Crippen molar-refractivity contribution in [3.05, 3.63) is 28.0 Å². The number of aromatic nitrogens is 2. The van der Waals surface area contributed by atoms with Gasteiger partial charge in [0.15, 0.2) is 11.0 Å². The van der Waals surface area contributed by atoms with E-state index >= 15 is 0 Å². The number of aryl methyl sites for hydroxylation is 2. The fourth-order valence-corrected chi connectivity index (χ4v) is 3.90. The second kappa shape index (κ2) is 12.5. The van der Waals surface area contributed by atoms with Gasteiger partial charge in [0.2, 0.25) is 0 Å². The van der Waals surface area contributed by atoms with E-state index in [1.54, 1.807) is 0 Å². The van der Waals surface area contributed by atoms with E-state index in [4.69, 9.17) is 23.2 Å². The molecule has 1 heterocycles. The van der Waals surface area contributed by atoms with Gasteiger partial charge >= 0.3 is 0 Å². The lowest BCUT2D eigenvalue weighted by atomic mass is 10.1. The van der Waals surface area contributed by atoms with Gasteiger partial charge in [-0.05, 0) is 25.7 Å². The van der Waals surface area contributed by atoms with E-state index < -0.39 is 0 Å². The second-order valence-electron chi connectivity index (χ2n) is 7.08. The monoisotopic (exact) mass is 510 g/mol. The zero-order chi connectivity index (χ0) is 18.2. The normalized spacial score (nSPS) is 11.1. The van der Waals surface area contributed by atoms with Crippen molar-refractivity contribution in [2.45, 2.75) is 91.6 Å². The Morgan fingerprint density at radius 1 is 0.846 bits per heavy atom. The number of hydrogen-bond donors (Lipinski definition) is 0. The maximum atomic E-state index is 6.31. The van der Waals surface area contributed by atoms with Crippen LogP contribution in [0.15, 0.2) is 12.1 Å². The van der Waals surface area contributed by atoms with Gasteiger partial charge in [-0.25, -0.2) is 9.13 Å². The number of benzene rings is 1. The number of nitrogens with zero attached hydrogens (tertiary/aromatic N) is 2. The molecule has 0 aliphatic heterocycles.